The van der Waals surface area contributed by atoms with Gasteiger partial charge in [0, 0.05) is 27.3 Å². The Bertz CT molecular complexity index is 1990. The molecule has 4 heterocycles. The number of carbonyl (C=O) groups excluding carboxylic acids is 1. The van der Waals surface area contributed by atoms with E-state index in [2.05, 4.69) is 142 Å². The molecule has 58 heavy (non-hydrogen) atoms. The number of amides is 1. The molecule has 0 aromatic carbocycles. The largest absolute Gasteiger partial charge is 0.414 e. The van der Waals surface area contributed by atoms with Crippen molar-refractivity contribution >= 4 is 47.4 Å². The number of rotatable bonds is 15. The molecule has 0 fully saturated rings. The molecule has 1 aliphatic carbocycles. The Morgan fingerprint density at radius 2 is 1.60 bits per heavy atom. The number of imidazole rings is 1. The molecular weight excluding hydrogens is 775 g/mol. The molecule has 5 rings (SSSR count). The Morgan fingerprint density at radius 1 is 0.948 bits per heavy atom. The number of hydrogen-bond acceptors (Lipinski definition) is 8. The fraction of sp³-hybridized carbons (Fsp3) is 0.644. The number of carbonyl (C=O) groups is 1. The van der Waals surface area contributed by atoms with E-state index in [1.54, 1.807) is 10.8 Å². The van der Waals surface area contributed by atoms with Crippen molar-refractivity contribution in [2.45, 2.75) is 161 Å². The summed E-state index contributed by atoms with van der Waals surface area (Å²) in [4.78, 5) is 23.8. The first-order valence-corrected chi connectivity index (χ1v) is 30.6. The van der Waals surface area contributed by atoms with Gasteiger partial charge in [-0.1, -0.05) is 87.2 Å². The van der Waals surface area contributed by atoms with Gasteiger partial charge in [0.15, 0.2) is 22.3 Å². The van der Waals surface area contributed by atoms with E-state index in [1.807, 2.05) is 12.1 Å². The van der Waals surface area contributed by atoms with E-state index in [4.69, 9.17) is 23.3 Å². The van der Waals surface area contributed by atoms with E-state index in [9.17, 15) is 10.1 Å². The summed E-state index contributed by atoms with van der Waals surface area (Å²) in [6, 6.07) is 7.04. The summed E-state index contributed by atoms with van der Waals surface area (Å²) in [5.41, 5.74) is 3.26. The Labute approximate surface area is 352 Å². The van der Waals surface area contributed by atoms with Crippen LogP contribution in [-0.4, -0.2) is 76.2 Å². The average Bonchev–Trinajstić information content (AvgIpc) is 3.65. The molecule has 2 atom stereocenters. The fourth-order valence-corrected chi connectivity index (χ4v) is 9.58. The first-order chi connectivity index (χ1) is 26.6. The Hall–Kier alpha value is -2.97. The molecule has 10 nitrogen and oxygen atoms in total. The van der Waals surface area contributed by atoms with E-state index in [-0.39, 0.29) is 33.7 Å². The number of hydrogen-bond donors (Lipinski definition) is 1. The molecule has 0 saturated heterocycles. The maximum Gasteiger partial charge on any atom is 0.291 e. The van der Waals surface area contributed by atoms with Crippen LogP contribution >= 0.6 is 0 Å². The maximum absolute atomic E-state index is 14.0. The monoisotopic (exact) mass is 845 g/mol. The van der Waals surface area contributed by atoms with Gasteiger partial charge in [0.25, 0.3) is 5.91 Å². The van der Waals surface area contributed by atoms with E-state index >= 15 is 0 Å². The van der Waals surface area contributed by atoms with Crippen molar-refractivity contribution in [1.82, 2.24) is 14.5 Å². The van der Waals surface area contributed by atoms with Gasteiger partial charge in [-0.05, 0) is 102 Å². The summed E-state index contributed by atoms with van der Waals surface area (Å²) in [6.45, 7) is 35.7. The van der Waals surface area contributed by atoms with Gasteiger partial charge in [0.05, 0.1) is 30.3 Å². The zero-order chi connectivity index (χ0) is 43.2. The predicted molar refractivity (Wildman–Crippen MR) is 243 cm³/mol. The molecule has 13 heteroatoms. The lowest BCUT2D eigenvalue weighted by Crippen LogP contribution is -2.51. The van der Waals surface area contributed by atoms with Crippen LogP contribution in [0.3, 0.4) is 0 Å². The molecule has 3 aliphatic rings. The van der Waals surface area contributed by atoms with Gasteiger partial charge < -0.3 is 28.2 Å². The zero-order valence-electron chi connectivity index (χ0n) is 38.2. The molecule has 2 aliphatic heterocycles. The van der Waals surface area contributed by atoms with Crippen LogP contribution < -0.4 is 5.32 Å². The number of nitrogens with zero attached hydrogens (tertiary/aromatic N) is 4. The number of fused-ring (bicyclic) bond motifs is 2. The maximum atomic E-state index is 14.0. The average molecular weight is 846 g/mol. The topological polar surface area (TPSA) is 121 Å². The van der Waals surface area contributed by atoms with Gasteiger partial charge in [-0.2, -0.15) is 5.26 Å². The standard InChI is InChI=1S/C45H71N5O5Si3/c1-41(2,3)57(12,13)53-30-44-22-23-45(55-44,31-54-58(14,15)42(4,5)6)27-34(26-44)36-16-17-37(38(48-36)33-18-20-43(7,8)21-19-33)49-40(51)39-47-35(28-46)29-50(39)32-52-24-25-56(9,10)11/h16-18,22-23,26,29H,19-21,24-25,27,30-32H2,1-15H3,(H,49,51). The molecule has 318 valence electrons. The summed E-state index contributed by atoms with van der Waals surface area (Å²) < 4.78 is 28.4. The Balaban J connectivity index is 1.52. The lowest BCUT2D eigenvalue weighted by molar-refractivity contribution is -0.105. The lowest BCUT2D eigenvalue weighted by Gasteiger charge is -2.44. The number of pyridine rings is 1. The van der Waals surface area contributed by atoms with Crippen LogP contribution in [0.4, 0.5) is 5.69 Å². The molecule has 0 radical (unpaired) electrons. The van der Waals surface area contributed by atoms with Gasteiger partial charge in [-0.3, -0.25) is 4.79 Å². The Kier molecular flexibility index (Phi) is 13.1. The summed E-state index contributed by atoms with van der Waals surface area (Å²) in [5, 5.41) is 12.9. The van der Waals surface area contributed by atoms with E-state index in [0.717, 1.165) is 47.8 Å². The van der Waals surface area contributed by atoms with Crippen molar-refractivity contribution in [2.75, 3.05) is 25.1 Å². The molecule has 2 aromatic heterocycles. The molecule has 0 spiro atoms. The lowest BCUT2D eigenvalue weighted by atomic mass is 9.77. The van der Waals surface area contributed by atoms with Crippen LogP contribution in [0.5, 0.6) is 0 Å². The number of aromatic nitrogens is 3. The molecule has 1 N–H and O–H groups in total. The highest BCUT2D eigenvalue weighted by Crippen LogP contribution is 2.49. The third-order valence-corrected chi connectivity index (χ3v) is 23.6. The van der Waals surface area contributed by atoms with Crippen LogP contribution in [0, 0.1) is 16.7 Å². The minimum absolute atomic E-state index is 0.0444. The number of nitrogens with one attached hydrogen (secondary N) is 1. The summed E-state index contributed by atoms with van der Waals surface area (Å²) >= 11 is 0. The van der Waals surface area contributed by atoms with Crippen molar-refractivity contribution in [2.24, 2.45) is 5.41 Å². The highest BCUT2D eigenvalue weighted by Gasteiger charge is 2.51. The molecular formula is C45H71N5O5Si3. The first kappa shape index (κ1) is 46.1. The molecule has 0 saturated carbocycles. The Morgan fingerprint density at radius 3 is 2.19 bits per heavy atom. The molecule has 1 amide bonds. The van der Waals surface area contributed by atoms with E-state index in [1.165, 1.54) is 0 Å². The summed E-state index contributed by atoms with van der Waals surface area (Å²) in [5.74, 6) is -0.292. The van der Waals surface area contributed by atoms with Crippen molar-refractivity contribution in [1.29, 1.82) is 5.26 Å². The molecule has 2 unspecified atom stereocenters. The second-order valence-electron chi connectivity index (χ2n) is 21.9. The fourth-order valence-electron chi connectivity index (χ4n) is 6.77. The van der Waals surface area contributed by atoms with Crippen LogP contribution in [-0.2, 0) is 25.1 Å². The summed E-state index contributed by atoms with van der Waals surface area (Å²) in [6.07, 6.45) is 13.8. The predicted octanol–water partition coefficient (Wildman–Crippen LogP) is 11.2. The molecule has 2 aromatic rings. The smallest absolute Gasteiger partial charge is 0.291 e. The highest BCUT2D eigenvalue weighted by molar-refractivity contribution is 6.76. The van der Waals surface area contributed by atoms with Gasteiger partial charge >= 0.3 is 0 Å². The van der Waals surface area contributed by atoms with Gasteiger partial charge in [0.2, 0.25) is 5.82 Å². The van der Waals surface area contributed by atoms with Crippen LogP contribution in [0.1, 0.15) is 109 Å². The van der Waals surface area contributed by atoms with Crippen molar-refractivity contribution < 1.29 is 23.1 Å². The number of allylic oxidation sites excluding steroid dienone is 2. The van der Waals surface area contributed by atoms with E-state index < -0.39 is 41.8 Å². The minimum atomic E-state index is -2.11. The number of anilines is 1. The quantitative estimate of drug-likeness (QED) is 0.107. The van der Waals surface area contributed by atoms with Gasteiger partial charge in [0.1, 0.15) is 24.0 Å². The molecule has 2 bridgehead atoms. The highest BCUT2D eigenvalue weighted by atomic mass is 28.4. The van der Waals surface area contributed by atoms with Crippen molar-refractivity contribution in [3.8, 4) is 6.07 Å². The number of nitriles is 1. The van der Waals surface area contributed by atoms with Gasteiger partial charge in [-0.15, -0.1) is 0 Å². The number of ether oxygens (including phenoxy) is 2. The van der Waals surface area contributed by atoms with Gasteiger partial charge in [-0.25, -0.2) is 9.97 Å². The SMILES string of the molecule is CC1(C)CC=C(c2nc(C3=CC4(CO[Si](C)(C)C(C)(C)C)C=CC(CO[Si](C)(C)C(C)(C)C)(C3)O4)ccc2NC(=O)c2nc(C#N)cn2COCC[Si](C)(C)C)CC1. The normalized spacial score (nSPS) is 22.4. The zero-order valence-corrected chi connectivity index (χ0v) is 41.2. The second kappa shape index (κ2) is 16.5. The third-order valence-electron chi connectivity index (χ3n) is 13.0. The second-order valence-corrected chi connectivity index (χ2v) is 37.2. The van der Waals surface area contributed by atoms with Crippen LogP contribution in [0.2, 0.25) is 61.9 Å². The van der Waals surface area contributed by atoms with Crippen molar-refractivity contribution in [3.63, 3.8) is 0 Å². The van der Waals surface area contributed by atoms with Crippen molar-refractivity contribution in [3.05, 3.63) is 65.5 Å². The van der Waals surface area contributed by atoms with Crippen LogP contribution in [0.25, 0.3) is 11.1 Å². The van der Waals surface area contributed by atoms with Crippen LogP contribution in [0.15, 0.2) is 42.6 Å². The minimum Gasteiger partial charge on any atom is -0.414 e. The third kappa shape index (κ3) is 10.8. The first-order valence-electron chi connectivity index (χ1n) is 21.1. The van der Waals surface area contributed by atoms with E-state index in [0.29, 0.717) is 31.9 Å². The summed E-state index contributed by atoms with van der Waals surface area (Å²) in [7, 11) is -5.51.